The summed E-state index contributed by atoms with van der Waals surface area (Å²) in [5, 5.41) is 0.364. The summed E-state index contributed by atoms with van der Waals surface area (Å²) in [6.45, 7) is 3.22. The Labute approximate surface area is 136 Å². The molecule has 1 aromatic carbocycles. The van der Waals surface area contributed by atoms with E-state index in [1.807, 2.05) is 0 Å². The maximum atomic E-state index is 13.7. The number of carbonyl (C=O) groups is 1. The molecule has 0 aliphatic carbocycles. The number of ether oxygens (including phenoxy) is 1. The van der Waals surface area contributed by atoms with Gasteiger partial charge in [0, 0.05) is 11.1 Å². The Kier molecular flexibility index (Phi) is 6.21. The molecule has 0 amide bonds. The lowest BCUT2D eigenvalue weighted by Crippen LogP contribution is -2.27. The van der Waals surface area contributed by atoms with Crippen LogP contribution in [0, 0.1) is 5.82 Å². The van der Waals surface area contributed by atoms with Gasteiger partial charge in [-0.1, -0.05) is 11.6 Å². The monoisotopic (exact) mass is 327 g/mol. The molecule has 0 bridgehead atoms. The number of carbonyl (C=O) groups excluding carboxylic acids is 1. The van der Waals surface area contributed by atoms with Gasteiger partial charge < -0.3 is 9.64 Å². The smallest absolute Gasteiger partial charge is 0.306 e. The SMILES string of the molecule is CCOC(=O)CC(C[C@@H]1CCCN1C)c1cc(F)cc(Cl)c1. The fourth-order valence-corrected chi connectivity index (χ4v) is 3.40. The third kappa shape index (κ3) is 4.68. The maximum Gasteiger partial charge on any atom is 0.306 e. The summed E-state index contributed by atoms with van der Waals surface area (Å²) in [6, 6.07) is 4.93. The van der Waals surface area contributed by atoms with E-state index in [0.29, 0.717) is 17.7 Å². The van der Waals surface area contributed by atoms with Gasteiger partial charge in [0.25, 0.3) is 0 Å². The van der Waals surface area contributed by atoms with E-state index in [0.717, 1.165) is 31.4 Å². The molecule has 122 valence electrons. The second kappa shape index (κ2) is 7.93. The molecule has 2 atom stereocenters. The van der Waals surface area contributed by atoms with Crippen molar-refractivity contribution in [3.05, 3.63) is 34.6 Å². The molecule has 5 heteroatoms. The van der Waals surface area contributed by atoms with Gasteiger partial charge in [-0.3, -0.25) is 4.79 Å². The van der Waals surface area contributed by atoms with E-state index < -0.39 is 0 Å². The van der Waals surface area contributed by atoms with Crippen LogP contribution in [-0.2, 0) is 9.53 Å². The number of likely N-dealkylation sites (tertiary alicyclic amines) is 1. The van der Waals surface area contributed by atoms with Crippen molar-refractivity contribution in [2.45, 2.75) is 44.6 Å². The van der Waals surface area contributed by atoms with E-state index in [1.165, 1.54) is 12.1 Å². The first-order valence-electron chi connectivity index (χ1n) is 7.81. The van der Waals surface area contributed by atoms with Crippen LogP contribution in [0.25, 0.3) is 0 Å². The summed E-state index contributed by atoms with van der Waals surface area (Å²) in [7, 11) is 2.09. The highest BCUT2D eigenvalue weighted by molar-refractivity contribution is 6.30. The van der Waals surface area contributed by atoms with Crippen LogP contribution in [0.5, 0.6) is 0 Å². The van der Waals surface area contributed by atoms with E-state index >= 15 is 0 Å². The molecule has 3 nitrogen and oxygen atoms in total. The van der Waals surface area contributed by atoms with Crippen LogP contribution in [0.3, 0.4) is 0 Å². The van der Waals surface area contributed by atoms with Gasteiger partial charge in [-0.25, -0.2) is 4.39 Å². The van der Waals surface area contributed by atoms with Crippen molar-refractivity contribution in [1.82, 2.24) is 4.90 Å². The zero-order valence-corrected chi connectivity index (χ0v) is 13.9. The number of esters is 1. The highest BCUT2D eigenvalue weighted by atomic mass is 35.5. The molecule has 1 heterocycles. The predicted molar refractivity (Wildman–Crippen MR) is 85.7 cm³/mol. The average Bonchev–Trinajstić information content (AvgIpc) is 2.83. The molecular weight excluding hydrogens is 305 g/mol. The van der Waals surface area contributed by atoms with E-state index in [4.69, 9.17) is 16.3 Å². The quantitative estimate of drug-likeness (QED) is 0.740. The fourth-order valence-electron chi connectivity index (χ4n) is 3.17. The highest BCUT2D eigenvalue weighted by Crippen LogP contribution is 2.32. The van der Waals surface area contributed by atoms with Crippen LogP contribution in [-0.4, -0.2) is 37.1 Å². The van der Waals surface area contributed by atoms with E-state index in [9.17, 15) is 9.18 Å². The van der Waals surface area contributed by atoms with E-state index in [2.05, 4.69) is 11.9 Å². The summed E-state index contributed by atoms with van der Waals surface area (Å²) >= 11 is 5.97. The van der Waals surface area contributed by atoms with Crippen LogP contribution in [0.1, 0.15) is 44.1 Å². The Morgan fingerprint density at radius 1 is 1.50 bits per heavy atom. The van der Waals surface area contributed by atoms with Crippen LogP contribution >= 0.6 is 11.6 Å². The van der Waals surface area contributed by atoms with Crippen molar-refractivity contribution in [2.75, 3.05) is 20.2 Å². The van der Waals surface area contributed by atoms with Gasteiger partial charge in [0.2, 0.25) is 0 Å². The third-order valence-corrected chi connectivity index (χ3v) is 4.52. The molecule has 1 aliphatic rings. The summed E-state index contributed by atoms with van der Waals surface area (Å²) in [5.41, 5.74) is 0.776. The fraction of sp³-hybridized carbons (Fsp3) is 0.588. The second-order valence-electron chi connectivity index (χ2n) is 5.92. The number of rotatable bonds is 6. The first-order valence-corrected chi connectivity index (χ1v) is 8.19. The molecule has 1 saturated heterocycles. The predicted octanol–water partition coefficient (Wildman–Crippen LogP) is 4.00. The first kappa shape index (κ1) is 17.2. The molecule has 1 unspecified atom stereocenters. The highest BCUT2D eigenvalue weighted by Gasteiger charge is 2.27. The van der Waals surface area contributed by atoms with Crippen molar-refractivity contribution in [3.63, 3.8) is 0 Å². The Bertz CT molecular complexity index is 503. The first-order chi connectivity index (χ1) is 10.5. The molecule has 0 spiro atoms. The number of hydrogen-bond donors (Lipinski definition) is 0. The van der Waals surface area contributed by atoms with Crippen LogP contribution < -0.4 is 0 Å². The number of hydrogen-bond acceptors (Lipinski definition) is 3. The Morgan fingerprint density at radius 2 is 2.27 bits per heavy atom. The van der Waals surface area contributed by atoms with E-state index in [-0.39, 0.29) is 24.1 Å². The molecule has 0 N–H and O–H groups in total. The van der Waals surface area contributed by atoms with Crippen molar-refractivity contribution in [2.24, 2.45) is 0 Å². The summed E-state index contributed by atoms with van der Waals surface area (Å²) < 4.78 is 18.7. The number of nitrogens with zero attached hydrogens (tertiary/aromatic N) is 1. The lowest BCUT2D eigenvalue weighted by molar-refractivity contribution is -0.143. The Balaban J connectivity index is 2.17. The number of benzene rings is 1. The summed E-state index contributed by atoms with van der Waals surface area (Å²) in [6.07, 6.45) is 3.35. The molecule has 1 fully saturated rings. The van der Waals surface area contributed by atoms with E-state index in [1.54, 1.807) is 13.0 Å². The van der Waals surface area contributed by atoms with Crippen molar-refractivity contribution >= 4 is 17.6 Å². The van der Waals surface area contributed by atoms with Gasteiger partial charge in [-0.05, 0) is 69.5 Å². The van der Waals surface area contributed by atoms with Crippen LogP contribution in [0.15, 0.2) is 18.2 Å². The van der Waals surface area contributed by atoms with Gasteiger partial charge in [0.05, 0.1) is 13.0 Å². The van der Waals surface area contributed by atoms with Gasteiger partial charge in [0.1, 0.15) is 5.82 Å². The van der Waals surface area contributed by atoms with Gasteiger partial charge in [-0.2, -0.15) is 0 Å². The van der Waals surface area contributed by atoms with Crippen molar-refractivity contribution < 1.29 is 13.9 Å². The molecule has 0 aromatic heterocycles. The lowest BCUT2D eigenvalue weighted by Gasteiger charge is -2.25. The molecule has 22 heavy (non-hydrogen) atoms. The lowest BCUT2D eigenvalue weighted by atomic mass is 9.88. The average molecular weight is 328 g/mol. The maximum absolute atomic E-state index is 13.7. The molecule has 0 radical (unpaired) electrons. The Morgan fingerprint density at radius 3 is 2.86 bits per heavy atom. The van der Waals surface area contributed by atoms with Crippen LogP contribution in [0.2, 0.25) is 5.02 Å². The van der Waals surface area contributed by atoms with Crippen LogP contribution in [0.4, 0.5) is 4.39 Å². The largest absolute Gasteiger partial charge is 0.466 e. The normalized spacial score (nSPS) is 20.1. The zero-order chi connectivity index (χ0) is 16.1. The van der Waals surface area contributed by atoms with Gasteiger partial charge >= 0.3 is 5.97 Å². The molecule has 1 aliphatic heterocycles. The minimum atomic E-state index is -0.365. The minimum Gasteiger partial charge on any atom is -0.466 e. The number of halogens is 2. The summed E-state index contributed by atoms with van der Waals surface area (Å²) in [5.74, 6) is -0.678. The zero-order valence-electron chi connectivity index (χ0n) is 13.1. The molecule has 0 saturated carbocycles. The van der Waals surface area contributed by atoms with Crippen molar-refractivity contribution in [1.29, 1.82) is 0 Å². The third-order valence-electron chi connectivity index (χ3n) is 4.30. The Hall–Kier alpha value is -1.13. The molecule has 2 rings (SSSR count). The summed E-state index contributed by atoms with van der Waals surface area (Å²) in [4.78, 5) is 14.2. The standard InChI is InChI=1S/C17H23ClFNO2/c1-3-22-17(21)10-13(9-16-5-4-6-20(16)2)12-7-14(18)11-15(19)8-12/h7-8,11,13,16H,3-6,9-10H2,1-2H3/t13?,16-/m0/s1. The van der Waals surface area contributed by atoms with Gasteiger partial charge in [0.15, 0.2) is 0 Å². The molecular formula is C17H23ClFNO2. The van der Waals surface area contributed by atoms with Crippen molar-refractivity contribution in [3.8, 4) is 0 Å². The second-order valence-corrected chi connectivity index (χ2v) is 6.36. The van der Waals surface area contributed by atoms with Gasteiger partial charge in [-0.15, -0.1) is 0 Å². The minimum absolute atomic E-state index is 0.0715. The molecule has 1 aromatic rings. The topological polar surface area (TPSA) is 29.5 Å².